The average Bonchev–Trinajstić information content (AvgIpc) is 2.38. The second-order valence-corrected chi connectivity index (χ2v) is 5.24. The largest absolute Gasteiger partial charge is 0.398 e. The lowest BCUT2D eigenvalue weighted by molar-refractivity contribution is 0.204. The van der Waals surface area contributed by atoms with Crippen LogP contribution in [0.25, 0.3) is 0 Å². The van der Waals surface area contributed by atoms with Gasteiger partial charge in [-0.15, -0.1) is 11.8 Å². The van der Waals surface area contributed by atoms with E-state index in [0.717, 1.165) is 4.90 Å². The third-order valence-corrected chi connectivity index (χ3v) is 3.76. The summed E-state index contributed by atoms with van der Waals surface area (Å²) in [5.74, 6) is 0.568. The molecule has 0 bridgehead atoms. The Kier molecular flexibility index (Phi) is 4.23. The topological polar surface area (TPSA) is 59.1 Å². The van der Waals surface area contributed by atoms with Gasteiger partial charge in [0, 0.05) is 34.3 Å². The molecule has 0 saturated heterocycles. The number of thioether (sulfide) groups is 1. The van der Waals surface area contributed by atoms with Gasteiger partial charge in [0.15, 0.2) is 0 Å². The van der Waals surface area contributed by atoms with E-state index in [0.29, 0.717) is 17.0 Å². The van der Waals surface area contributed by atoms with E-state index in [9.17, 15) is 5.11 Å². The lowest BCUT2D eigenvalue weighted by Crippen LogP contribution is -2.05. The molecule has 0 aliphatic heterocycles. The fourth-order valence-corrected chi connectivity index (χ4v) is 2.45. The SMILES string of the molecule is Cc1ccc(SCC(O)c2cnccc2N)cc1. The van der Waals surface area contributed by atoms with Crippen molar-refractivity contribution >= 4 is 17.4 Å². The molecule has 1 unspecified atom stereocenters. The number of hydrogen-bond donors (Lipinski definition) is 2. The molecule has 1 aromatic carbocycles. The molecule has 0 spiro atoms. The van der Waals surface area contributed by atoms with Crippen LogP contribution in [0.15, 0.2) is 47.6 Å². The Bertz CT molecular complexity index is 513. The Balaban J connectivity index is 1.98. The number of hydrogen-bond acceptors (Lipinski definition) is 4. The lowest BCUT2D eigenvalue weighted by Gasteiger charge is -2.12. The van der Waals surface area contributed by atoms with Crippen molar-refractivity contribution in [3.63, 3.8) is 0 Å². The van der Waals surface area contributed by atoms with E-state index < -0.39 is 6.10 Å². The summed E-state index contributed by atoms with van der Waals surface area (Å²) in [5.41, 5.74) is 8.31. The molecule has 0 aliphatic carbocycles. The highest BCUT2D eigenvalue weighted by Crippen LogP contribution is 2.27. The van der Waals surface area contributed by atoms with Crippen molar-refractivity contribution in [3.8, 4) is 0 Å². The Hall–Kier alpha value is -1.52. The van der Waals surface area contributed by atoms with Crippen LogP contribution in [0.4, 0.5) is 5.69 Å². The van der Waals surface area contributed by atoms with E-state index in [2.05, 4.69) is 36.2 Å². The average molecular weight is 260 g/mol. The Morgan fingerprint density at radius 1 is 1.28 bits per heavy atom. The minimum Gasteiger partial charge on any atom is -0.398 e. The van der Waals surface area contributed by atoms with E-state index in [-0.39, 0.29) is 0 Å². The van der Waals surface area contributed by atoms with Crippen molar-refractivity contribution in [2.24, 2.45) is 0 Å². The minimum atomic E-state index is -0.593. The third-order valence-electron chi connectivity index (χ3n) is 2.67. The summed E-state index contributed by atoms with van der Waals surface area (Å²) in [6.45, 7) is 2.06. The van der Waals surface area contributed by atoms with E-state index in [1.807, 2.05) is 0 Å². The molecule has 3 N–H and O–H groups in total. The van der Waals surface area contributed by atoms with Crippen LogP contribution in [-0.2, 0) is 0 Å². The number of pyridine rings is 1. The third kappa shape index (κ3) is 3.24. The molecular weight excluding hydrogens is 244 g/mol. The summed E-state index contributed by atoms with van der Waals surface area (Å²) < 4.78 is 0. The molecule has 0 amide bonds. The van der Waals surface area contributed by atoms with Gasteiger partial charge in [0.1, 0.15) is 0 Å². The first-order chi connectivity index (χ1) is 8.66. The number of aryl methyl sites for hydroxylation is 1. The number of nitrogen functional groups attached to an aromatic ring is 1. The maximum Gasteiger partial charge on any atom is 0.0918 e. The van der Waals surface area contributed by atoms with Crippen LogP contribution in [0.5, 0.6) is 0 Å². The number of anilines is 1. The zero-order valence-corrected chi connectivity index (χ0v) is 11.0. The normalized spacial score (nSPS) is 12.3. The fraction of sp³-hybridized carbons (Fsp3) is 0.214. The molecular formula is C14H16N2OS. The summed E-state index contributed by atoms with van der Waals surface area (Å²) in [6.07, 6.45) is 2.65. The number of nitrogens with zero attached hydrogens (tertiary/aromatic N) is 1. The summed E-state index contributed by atoms with van der Waals surface area (Å²) in [5, 5.41) is 10.1. The number of aliphatic hydroxyl groups is 1. The standard InChI is InChI=1S/C14H16N2OS/c1-10-2-4-11(5-3-10)18-9-14(17)12-8-16-7-6-13(12)15/h2-8,14,17H,9H2,1H3,(H2,15,16). The first-order valence-electron chi connectivity index (χ1n) is 5.74. The van der Waals surface area contributed by atoms with Crippen LogP contribution in [0.2, 0.25) is 0 Å². The van der Waals surface area contributed by atoms with Crippen LogP contribution in [-0.4, -0.2) is 15.8 Å². The van der Waals surface area contributed by atoms with Gasteiger partial charge in [-0.25, -0.2) is 0 Å². The molecule has 0 fully saturated rings. The van der Waals surface area contributed by atoms with Gasteiger partial charge < -0.3 is 10.8 Å². The van der Waals surface area contributed by atoms with E-state index in [4.69, 9.17) is 5.73 Å². The smallest absolute Gasteiger partial charge is 0.0918 e. The van der Waals surface area contributed by atoms with Crippen molar-refractivity contribution in [1.29, 1.82) is 0 Å². The molecule has 1 aromatic heterocycles. The molecule has 1 heterocycles. The van der Waals surface area contributed by atoms with Gasteiger partial charge in [0.25, 0.3) is 0 Å². The van der Waals surface area contributed by atoms with Gasteiger partial charge in [0.2, 0.25) is 0 Å². The van der Waals surface area contributed by atoms with Crippen LogP contribution in [0.3, 0.4) is 0 Å². The van der Waals surface area contributed by atoms with Crippen molar-refractivity contribution < 1.29 is 5.11 Å². The maximum atomic E-state index is 10.1. The first kappa shape index (κ1) is 12.9. The Labute approximate surface area is 111 Å². The van der Waals surface area contributed by atoms with Crippen LogP contribution >= 0.6 is 11.8 Å². The summed E-state index contributed by atoms with van der Waals surface area (Å²) in [7, 11) is 0. The molecule has 0 radical (unpaired) electrons. The quantitative estimate of drug-likeness (QED) is 0.830. The monoisotopic (exact) mass is 260 g/mol. The number of aromatic nitrogens is 1. The van der Waals surface area contributed by atoms with Gasteiger partial charge in [-0.05, 0) is 25.1 Å². The number of nitrogens with two attached hydrogens (primary N) is 1. The molecule has 1 atom stereocenters. The molecule has 4 heteroatoms. The maximum absolute atomic E-state index is 10.1. The predicted octanol–water partition coefficient (Wildman–Crippen LogP) is 2.80. The van der Waals surface area contributed by atoms with E-state index in [1.165, 1.54) is 5.56 Å². The van der Waals surface area contributed by atoms with Gasteiger partial charge in [0.05, 0.1) is 6.10 Å². The van der Waals surface area contributed by atoms with Crippen LogP contribution < -0.4 is 5.73 Å². The number of aliphatic hydroxyl groups excluding tert-OH is 1. The van der Waals surface area contributed by atoms with Crippen LogP contribution in [0, 0.1) is 6.92 Å². The van der Waals surface area contributed by atoms with Crippen molar-refractivity contribution in [2.45, 2.75) is 17.9 Å². The number of rotatable bonds is 4. The fourth-order valence-electron chi connectivity index (χ4n) is 1.60. The number of benzene rings is 1. The summed E-state index contributed by atoms with van der Waals surface area (Å²) in [6, 6.07) is 9.94. The van der Waals surface area contributed by atoms with Gasteiger partial charge >= 0.3 is 0 Å². The molecule has 0 aliphatic rings. The molecule has 2 rings (SSSR count). The second-order valence-electron chi connectivity index (χ2n) is 4.14. The van der Waals surface area contributed by atoms with Crippen molar-refractivity contribution in [3.05, 3.63) is 53.9 Å². The lowest BCUT2D eigenvalue weighted by atomic mass is 10.1. The highest BCUT2D eigenvalue weighted by atomic mass is 32.2. The Morgan fingerprint density at radius 3 is 2.67 bits per heavy atom. The van der Waals surface area contributed by atoms with Crippen LogP contribution in [0.1, 0.15) is 17.2 Å². The predicted molar refractivity (Wildman–Crippen MR) is 75.5 cm³/mol. The zero-order valence-electron chi connectivity index (χ0n) is 10.2. The zero-order chi connectivity index (χ0) is 13.0. The summed E-state index contributed by atoms with van der Waals surface area (Å²) >= 11 is 1.61. The van der Waals surface area contributed by atoms with E-state index >= 15 is 0 Å². The molecule has 3 nitrogen and oxygen atoms in total. The minimum absolute atomic E-state index is 0.568. The molecule has 0 saturated carbocycles. The summed E-state index contributed by atoms with van der Waals surface area (Å²) in [4.78, 5) is 5.12. The Morgan fingerprint density at radius 2 is 2.00 bits per heavy atom. The molecule has 2 aromatic rings. The molecule has 94 valence electrons. The highest BCUT2D eigenvalue weighted by Gasteiger charge is 2.11. The second kappa shape index (κ2) is 5.89. The van der Waals surface area contributed by atoms with Gasteiger partial charge in [-0.3, -0.25) is 4.98 Å². The van der Waals surface area contributed by atoms with Crippen molar-refractivity contribution in [2.75, 3.05) is 11.5 Å². The van der Waals surface area contributed by atoms with Gasteiger partial charge in [-0.1, -0.05) is 17.7 Å². The van der Waals surface area contributed by atoms with E-state index in [1.54, 1.807) is 30.2 Å². The van der Waals surface area contributed by atoms with Crippen molar-refractivity contribution in [1.82, 2.24) is 4.98 Å². The first-order valence-corrected chi connectivity index (χ1v) is 6.72. The highest BCUT2D eigenvalue weighted by molar-refractivity contribution is 7.99. The van der Waals surface area contributed by atoms with Gasteiger partial charge in [-0.2, -0.15) is 0 Å². The molecule has 18 heavy (non-hydrogen) atoms.